The Labute approximate surface area is 163 Å². The van der Waals surface area contributed by atoms with Crippen molar-refractivity contribution in [2.75, 3.05) is 27.2 Å². The van der Waals surface area contributed by atoms with Gasteiger partial charge in [0.15, 0.2) is 23.0 Å². The molecule has 142 valence electrons. The first-order valence-corrected chi connectivity index (χ1v) is 8.98. The molecule has 0 unspecified atom stereocenters. The number of hydrogen-bond acceptors (Lipinski definition) is 5. The van der Waals surface area contributed by atoms with E-state index in [0.29, 0.717) is 17.4 Å². The van der Waals surface area contributed by atoms with Crippen LogP contribution in [0.1, 0.15) is 22.3 Å². The molecule has 0 spiro atoms. The lowest BCUT2D eigenvalue weighted by Gasteiger charge is -2.53. The Morgan fingerprint density at radius 3 is 2.56 bits per heavy atom. The Morgan fingerprint density at radius 1 is 0.963 bits per heavy atom. The van der Waals surface area contributed by atoms with Gasteiger partial charge in [-0.15, -0.1) is 0 Å². The van der Waals surface area contributed by atoms with E-state index in [2.05, 4.69) is 13.1 Å². The number of benzene rings is 2. The predicted molar refractivity (Wildman–Crippen MR) is 91.2 cm³/mol. The van der Waals surface area contributed by atoms with Gasteiger partial charge in [0.2, 0.25) is 19.3 Å². The molecule has 0 saturated carbocycles. The third-order valence-electron chi connectivity index (χ3n) is 6.48. The van der Waals surface area contributed by atoms with Crippen LogP contribution in [0.4, 0.5) is 0 Å². The molecule has 0 fully saturated rings. The number of ether oxygens (including phenoxy) is 4. The highest BCUT2D eigenvalue weighted by atomic mass is 35.5. The van der Waals surface area contributed by atoms with Crippen LogP contribution in [0.3, 0.4) is 0 Å². The molecule has 6 rings (SSSR count). The van der Waals surface area contributed by atoms with E-state index in [1.165, 1.54) is 0 Å². The van der Waals surface area contributed by atoms with Gasteiger partial charge in [-0.3, -0.25) is 4.48 Å². The number of fused-ring (bicyclic) bond motifs is 7. The number of likely N-dealkylation sites (N-methyl/N-ethyl adjacent to an activating group) is 1. The van der Waals surface area contributed by atoms with E-state index in [1.807, 2.05) is 18.2 Å². The van der Waals surface area contributed by atoms with Crippen molar-refractivity contribution in [3.05, 3.63) is 46.5 Å². The molecule has 0 radical (unpaired) electrons. The third-order valence-corrected chi connectivity index (χ3v) is 6.48. The summed E-state index contributed by atoms with van der Waals surface area (Å²) in [5.41, 5.74) is 3.40. The van der Waals surface area contributed by atoms with E-state index in [4.69, 9.17) is 18.9 Å². The van der Waals surface area contributed by atoms with Gasteiger partial charge in [0.05, 0.1) is 25.6 Å². The topological polar surface area (TPSA) is 57.2 Å². The minimum atomic E-state index is -0.991. The van der Waals surface area contributed by atoms with Crippen LogP contribution in [0.25, 0.3) is 0 Å². The molecule has 4 heterocycles. The van der Waals surface area contributed by atoms with E-state index < -0.39 is 5.72 Å². The maximum atomic E-state index is 11.9. The molecule has 1 N–H and O–H groups in total. The molecule has 0 aromatic heterocycles. The van der Waals surface area contributed by atoms with Gasteiger partial charge in [0.25, 0.3) is 0 Å². The van der Waals surface area contributed by atoms with Crippen LogP contribution in [-0.4, -0.2) is 36.8 Å². The van der Waals surface area contributed by atoms with Crippen molar-refractivity contribution < 1.29 is 40.9 Å². The summed E-state index contributed by atoms with van der Waals surface area (Å²) >= 11 is 0. The van der Waals surface area contributed by atoms with Gasteiger partial charge in [0, 0.05) is 12.0 Å². The molecular formula is C20H20ClNO5. The number of nitrogens with zero attached hydrogens (tertiary/aromatic N) is 1. The van der Waals surface area contributed by atoms with Crippen LogP contribution < -0.4 is 31.4 Å². The van der Waals surface area contributed by atoms with Gasteiger partial charge in [0.1, 0.15) is 6.54 Å². The number of halogens is 1. The summed E-state index contributed by atoms with van der Waals surface area (Å²) in [5.74, 6) is 3.16. The Balaban J connectivity index is 0.00000160. The zero-order valence-electron chi connectivity index (χ0n) is 15.0. The maximum absolute atomic E-state index is 11.9. The first kappa shape index (κ1) is 17.0. The van der Waals surface area contributed by atoms with Gasteiger partial charge >= 0.3 is 0 Å². The van der Waals surface area contributed by atoms with Crippen LogP contribution in [0.5, 0.6) is 23.0 Å². The highest BCUT2D eigenvalue weighted by Gasteiger charge is 2.56. The van der Waals surface area contributed by atoms with Crippen molar-refractivity contribution in [1.82, 2.24) is 0 Å². The maximum Gasteiger partial charge on any atom is 0.232 e. The third kappa shape index (κ3) is 2.09. The minimum Gasteiger partial charge on any atom is -1.00 e. The van der Waals surface area contributed by atoms with Crippen molar-refractivity contribution in [3.63, 3.8) is 0 Å². The average molecular weight is 390 g/mol. The fraction of sp³-hybridized carbons (Fsp3) is 0.400. The largest absolute Gasteiger partial charge is 1.00 e. The standard InChI is InChI=1S/C20H20NO5.ClH/c1-21-5-4-12-6-17-18(25-10-24-17)7-15(12)20(21,22)8-13-2-3-16-19(14(13)9-21)26-11-23-16;/h2-3,6-7,22H,4-5,8-11H2,1H3;1H/q+1;/p-1/t20-,21-;/m1./s1. The minimum absolute atomic E-state index is 0. The quantitative estimate of drug-likeness (QED) is 0.589. The number of rotatable bonds is 0. The van der Waals surface area contributed by atoms with Crippen molar-refractivity contribution >= 4 is 0 Å². The van der Waals surface area contributed by atoms with E-state index in [9.17, 15) is 5.11 Å². The molecule has 0 bridgehead atoms. The van der Waals surface area contributed by atoms with Crippen LogP contribution in [0.15, 0.2) is 24.3 Å². The summed E-state index contributed by atoms with van der Waals surface area (Å²) in [4.78, 5) is 0. The SMILES string of the molecule is C[N@+]12CCc3cc4c(cc3[C@]1(O)Cc1ccc3c(c1C2)OCO3)OCO4.[Cl-]. The normalized spacial score (nSPS) is 28.7. The monoisotopic (exact) mass is 389 g/mol. The molecule has 4 aliphatic heterocycles. The van der Waals surface area contributed by atoms with E-state index in [1.54, 1.807) is 0 Å². The molecule has 0 aliphatic carbocycles. The molecular weight excluding hydrogens is 370 g/mol. The molecule has 4 aliphatic rings. The van der Waals surface area contributed by atoms with Gasteiger partial charge < -0.3 is 36.5 Å². The summed E-state index contributed by atoms with van der Waals surface area (Å²) in [7, 11) is 2.13. The lowest BCUT2D eigenvalue weighted by molar-refractivity contribution is -1.01. The Hall–Kier alpha value is -2.15. The van der Waals surface area contributed by atoms with E-state index >= 15 is 0 Å². The molecule has 0 amide bonds. The summed E-state index contributed by atoms with van der Waals surface area (Å²) < 4.78 is 22.9. The van der Waals surface area contributed by atoms with E-state index in [-0.39, 0.29) is 26.0 Å². The predicted octanol–water partition coefficient (Wildman–Crippen LogP) is -0.948. The second-order valence-electron chi connectivity index (χ2n) is 7.82. The molecule has 6 nitrogen and oxygen atoms in total. The highest BCUT2D eigenvalue weighted by Crippen LogP contribution is 2.52. The summed E-state index contributed by atoms with van der Waals surface area (Å²) in [5, 5.41) is 11.9. The Bertz CT molecular complexity index is 964. The summed E-state index contributed by atoms with van der Waals surface area (Å²) in [6.07, 6.45) is 1.44. The van der Waals surface area contributed by atoms with Crippen molar-refractivity contribution in [1.29, 1.82) is 0 Å². The number of hydrogen-bond donors (Lipinski definition) is 1. The molecule has 2 atom stereocenters. The van der Waals surface area contributed by atoms with Crippen LogP contribution >= 0.6 is 0 Å². The number of aliphatic hydroxyl groups is 1. The van der Waals surface area contributed by atoms with Gasteiger partial charge in [-0.25, -0.2) is 0 Å². The zero-order valence-corrected chi connectivity index (χ0v) is 15.7. The zero-order chi connectivity index (χ0) is 17.5. The second kappa shape index (κ2) is 5.44. The summed E-state index contributed by atoms with van der Waals surface area (Å²) in [6.45, 7) is 2.08. The summed E-state index contributed by atoms with van der Waals surface area (Å²) in [6, 6.07) is 8.02. The molecule has 2 aromatic rings. The lowest BCUT2D eigenvalue weighted by atomic mass is 9.78. The fourth-order valence-electron chi connectivity index (χ4n) is 4.93. The van der Waals surface area contributed by atoms with Crippen LogP contribution in [0, 0.1) is 0 Å². The molecule has 0 saturated heterocycles. The molecule has 7 heteroatoms. The van der Waals surface area contributed by atoms with Crippen LogP contribution in [0.2, 0.25) is 0 Å². The van der Waals surface area contributed by atoms with Gasteiger partial charge in [-0.05, 0) is 29.3 Å². The van der Waals surface area contributed by atoms with Crippen molar-refractivity contribution in [3.8, 4) is 23.0 Å². The first-order chi connectivity index (χ1) is 12.6. The highest BCUT2D eigenvalue weighted by molar-refractivity contribution is 5.55. The second-order valence-corrected chi connectivity index (χ2v) is 7.82. The average Bonchev–Trinajstić information content (AvgIpc) is 3.28. The number of quaternary nitrogens is 1. The Morgan fingerprint density at radius 2 is 1.70 bits per heavy atom. The van der Waals surface area contributed by atoms with Crippen molar-refractivity contribution in [2.24, 2.45) is 0 Å². The van der Waals surface area contributed by atoms with E-state index in [0.717, 1.165) is 58.2 Å². The van der Waals surface area contributed by atoms with Crippen LogP contribution in [-0.2, 0) is 25.1 Å². The fourth-order valence-corrected chi connectivity index (χ4v) is 4.93. The van der Waals surface area contributed by atoms with Gasteiger partial charge in [-0.2, -0.15) is 0 Å². The smallest absolute Gasteiger partial charge is 0.232 e. The lowest BCUT2D eigenvalue weighted by Crippen LogP contribution is -3.00. The van der Waals surface area contributed by atoms with Crippen molar-refractivity contribution in [2.45, 2.75) is 25.1 Å². The molecule has 2 aromatic carbocycles. The van der Waals surface area contributed by atoms with Gasteiger partial charge in [-0.1, -0.05) is 6.07 Å². The first-order valence-electron chi connectivity index (χ1n) is 8.98. The Kier molecular flexibility index (Phi) is 3.42. The molecule has 27 heavy (non-hydrogen) atoms.